The first-order chi connectivity index (χ1) is 9.74. The van der Waals surface area contributed by atoms with E-state index in [4.69, 9.17) is 4.74 Å². The van der Waals surface area contributed by atoms with Crippen LogP contribution in [0, 0.1) is 5.92 Å². The summed E-state index contributed by atoms with van der Waals surface area (Å²) in [5.74, 6) is 0.755. The fourth-order valence-corrected chi connectivity index (χ4v) is 3.11. The molecule has 0 aliphatic carbocycles. The van der Waals surface area contributed by atoms with Crippen LogP contribution >= 0.6 is 11.3 Å². The van der Waals surface area contributed by atoms with Gasteiger partial charge in [0.2, 0.25) is 0 Å². The summed E-state index contributed by atoms with van der Waals surface area (Å²) in [6.45, 7) is 5.02. The summed E-state index contributed by atoms with van der Waals surface area (Å²) in [5.41, 5.74) is 0. The van der Waals surface area contributed by atoms with Gasteiger partial charge < -0.3 is 20.1 Å². The Bertz CT molecular complexity index is 351. The third kappa shape index (κ3) is 5.89. The number of nitrogens with one attached hydrogen (secondary N) is 1. The van der Waals surface area contributed by atoms with Crippen molar-refractivity contribution in [3.05, 3.63) is 22.4 Å². The first kappa shape index (κ1) is 15.9. The summed E-state index contributed by atoms with van der Waals surface area (Å²) in [6, 6.07) is 4.07. The molecule has 0 amide bonds. The zero-order valence-electron chi connectivity index (χ0n) is 12.3. The van der Waals surface area contributed by atoms with Gasteiger partial charge in [-0.05, 0) is 56.9 Å². The number of aliphatic hydroxyl groups is 1. The predicted octanol–water partition coefficient (Wildman–Crippen LogP) is 1.56. The van der Waals surface area contributed by atoms with E-state index >= 15 is 0 Å². The second kappa shape index (κ2) is 8.74. The molecule has 1 aliphatic rings. The maximum Gasteiger partial charge on any atom is 0.0897 e. The van der Waals surface area contributed by atoms with Crippen molar-refractivity contribution in [2.45, 2.75) is 25.6 Å². The number of aliphatic hydroxyl groups excluding tert-OH is 1. The largest absolute Gasteiger partial charge is 0.389 e. The van der Waals surface area contributed by atoms with Gasteiger partial charge in [0.25, 0.3) is 0 Å². The lowest BCUT2D eigenvalue weighted by molar-refractivity contribution is 0.0291. The zero-order chi connectivity index (χ0) is 14.2. The molecule has 5 heteroatoms. The van der Waals surface area contributed by atoms with Crippen LogP contribution in [0.1, 0.15) is 17.7 Å². The van der Waals surface area contributed by atoms with Crippen LogP contribution in [-0.2, 0) is 11.3 Å². The number of piperidine rings is 1. The standard InChI is InChI=1S/C15H26N2O2S/c1-17-6-4-13(5-7-17)9-16-10-14(18)11-19-12-15-3-2-8-20-15/h2-3,8,13-14,16,18H,4-7,9-12H2,1H3. The van der Waals surface area contributed by atoms with Gasteiger partial charge in [0.15, 0.2) is 0 Å². The van der Waals surface area contributed by atoms with Gasteiger partial charge in [0, 0.05) is 11.4 Å². The molecule has 0 saturated carbocycles. The van der Waals surface area contributed by atoms with E-state index in [0.29, 0.717) is 19.8 Å². The van der Waals surface area contributed by atoms with Gasteiger partial charge in [-0.15, -0.1) is 11.3 Å². The number of thiophene rings is 1. The number of nitrogens with zero attached hydrogens (tertiary/aromatic N) is 1. The highest BCUT2D eigenvalue weighted by molar-refractivity contribution is 7.09. The minimum absolute atomic E-state index is 0.401. The minimum atomic E-state index is -0.416. The van der Waals surface area contributed by atoms with Crippen LogP contribution in [0.4, 0.5) is 0 Å². The molecule has 20 heavy (non-hydrogen) atoms. The van der Waals surface area contributed by atoms with Crippen molar-refractivity contribution in [2.24, 2.45) is 5.92 Å². The van der Waals surface area contributed by atoms with E-state index in [-0.39, 0.29) is 0 Å². The molecule has 0 aromatic carbocycles. The molecule has 114 valence electrons. The van der Waals surface area contributed by atoms with Crippen LogP contribution in [0.3, 0.4) is 0 Å². The summed E-state index contributed by atoms with van der Waals surface area (Å²) in [6.07, 6.45) is 2.10. The van der Waals surface area contributed by atoms with Gasteiger partial charge in [-0.25, -0.2) is 0 Å². The monoisotopic (exact) mass is 298 g/mol. The van der Waals surface area contributed by atoms with Crippen LogP contribution in [-0.4, -0.2) is 55.9 Å². The highest BCUT2D eigenvalue weighted by Gasteiger charge is 2.16. The number of hydrogen-bond acceptors (Lipinski definition) is 5. The highest BCUT2D eigenvalue weighted by Crippen LogP contribution is 2.14. The van der Waals surface area contributed by atoms with E-state index in [1.807, 2.05) is 11.4 Å². The molecule has 1 atom stereocenters. The Balaban J connectivity index is 1.48. The average Bonchev–Trinajstić information content (AvgIpc) is 2.94. The molecule has 1 aliphatic heterocycles. The van der Waals surface area contributed by atoms with Crippen molar-refractivity contribution in [2.75, 3.05) is 39.8 Å². The number of hydrogen-bond donors (Lipinski definition) is 2. The average molecular weight is 298 g/mol. The van der Waals surface area contributed by atoms with Gasteiger partial charge in [-0.1, -0.05) is 6.07 Å². The number of rotatable bonds is 8. The lowest BCUT2D eigenvalue weighted by Crippen LogP contribution is -2.38. The molecule has 4 nitrogen and oxygen atoms in total. The second-order valence-electron chi connectivity index (χ2n) is 5.65. The molecule has 2 heterocycles. The first-order valence-electron chi connectivity index (χ1n) is 7.41. The van der Waals surface area contributed by atoms with Crippen LogP contribution in [0.5, 0.6) is 0 Å². The fourth-order valence-electron chi connectivity index (χ4n) is 2.47. The molecular formula is C15H26N2O2S. The molecule has 1 saturated heterocycles. The van der Waals surface area contributed by atoms with E-state index in [0.717, 1.165) is 12.5 Å². The Kier molecular flexibility index (Phi) is 6.96. The third-order valence-corrected chi connectivity index (χ3v) is 4.64. The predicted molar refractivity (Wildman–Crippen MR) is 83.1 cm³/mol. The summed E-state index contributed by atoms with van der Waals surface area (Å²) in [4.78, 5) is 3.58. The van der Waals surface area contributed by atoms with Crippen molar-refractivity contribution in [1.29, 1.82) is 0 Å². The summed E-state index contributed by atoms with van der Waals surface area (Å²) in [5, 5.41) is 15.3. The van der Waals surface area contributed by atoms with Crippen LogP contribution in [0.15, 0.2) is 17.5 Å². The minimum Gasteiger partial charge on any atom is -0.389 e. The van der Waals surface area contributed by atoms with E-state index in [2.05, 4.69) is 23.3 Å². The van der Waals surface area contributed by atoms with Crippen molar-refractivity contribution in [1.82, 2.24) is 10.2 Å². The molecule has 0 spiro atoms. The Labute approximate surface area is 125 Å². The Morgan fingerprint density at radius 1 is 1.50 bits per heavy atom. The van der Waals surface area contributed by atoms with Crippen molar-refractivity contribution < 1.29 is 9.84 Å². The summed E-state index contributed by atoms with van der Waals surface area (Å²) in [7, 11) is 2.18. The normalized spacial score (nSPS) is 19.3. The lowest BCUT2D eigenvalue weighted by atomic mass is 9.97. The molecule has 1 unspecified atom stereocenters. The Morgan fingerprint density at radius 2 is 2.30 bits per heavy atom. The Hall–Kier alpha value is -0.460. The van der Waals surface area contributed by atoms with Gasteiger partial charge in [0.05, 0.1) is 19.3 Å². The topological polar surface area (TPSA) is 44.7 Å². The molecule has 0 bridgehead atoms. The molecular weight excluding hydrogens is 272 g/mol. The van der Waals surface area contributed by atoms with Crippen molar-refractivity contribution >= 4 is 11.3 Å². The van der Waals surface area contributed by atoms with E-state index < -0.39 is 6.10 Å². The van der Waals surface area contributed by atoms with E-state index in [1.165, 1.54) is 30.8 Å². The zero-order valence-corrected chi connectivity index (χ0v) is 13.1. The van der Waals surface area contributed by atoms with Gasteiger partial charge in [-0.2, -0.15) is 0 Å². The third-order valence-electron chi connectivity index (χ3n) is 3.79. The van der Waals surface area contributed by atoms with Crippen LogP contribution in [0.25, 0.3) is 0 Å². The summed E-state index contributed by atoms with van der Waals surface area (Å²) >= 11 is 1.69. The first-order valence-corrected chi connectivity index (χ1v) is 8.29. The second-order valence-corrected chi connectivity index (χ2v) is 6.69. The smallest absolute Gasteiger partial charge is 0.0897 e. The van der Waals surface area contributed by atoms with Gasteiger partial charge in [-0.3, -0.25) is 0 Å². The highest BCUT2D eigenvalue weighted by atomic mass is 32.1. The maximum atomic E-state index is 9.86. The van der Waals surface area contributed by atoms with E-state index in [9.17, 15) is 5.11 Å². The molecule has 1 aromatic rings. The molecule has 1 fully saturated rings. The maximum absolute atomic E-state index is 9.86. The molecule has 2 rings (SSSR count). The number of ether oxygens (including phenoxy) is 1. The lowest BCUT2D eigenvalue weighted by Gasteiger charge is -2.29. The quantitative estimate of drug-likeness (QED) is 0.764. The summed E-state index contributed by atoms with van der Waals surface area (Å²) < 4.78 is 5.51. The van der Waals surface area contributed by atoms with Gasteiger partial charge in [0.1, 0.15) is 0 Å². The molecule has 2 N–H and O–H groups in total. The molecule has 1 aromatic heterocycles. The molecule has 0 radical (unpaired) electrons. The van der Waals surface area contributed by atoms with Gasteiger partial charge >= 0.3 is 0 Å². The van der Waals surface area contributed by atoms with Crippen molar-refractivity contribution in [3.8, 4) is 0 Å². The number of likely N-dealkylation sites (tertiary alicyclic amines) is 1. The van der Waals surface area contributed by atoms with Crippen LogP contribution in [0.2, 0.25) is 0 Å². The Morgan fingerprint density at radius 3 is 3.00 bits per heavy atom. The fraction of sp³-hybridized carbons (Fsp3) is 0.733. The van der Waals surface area contributed by atoms with Crippen molar-refractivity contribution in [3.63, 3.8) is 0 Å². The van der Waals surface area contributed by atoms with E-state index in [1.54, 1.807) is 11.3 Å². The van der Waals surface area contributed by atoms with Crippen LogP contribution < -0.4 is 5.32 Å². The SMILES string of the molecule is CN1CCC(CNCC(O)COCc2cccs2)CC1.